The number of nitrogens with one attached hydrogen (secondary N) is 2. The van der Waals surface area contributed by atoms with Crippen molar-refractivity contribution in [3.8, 4) is 0 Å². The molecule has 1 amide bonds. The van der Waals surface area contributed by atoms with Crippen LogP contribution in [0.3, 0.4) is 0 Å². The highest BCUT2D eigenvalue weighted by Crippen LogP contribution is 2.07. The van der Waals surface area contributed by atoms with Gasteiger partial charge in [-0.3, -0.25) is 4.79 Å². The predicted octanol–water partition coefficient (Wildman–Crippen LogP) is 1.77. The molecule has 2 rings (SSSR count). The molecule has 22 heavy (non-hydrogen) atoms. The number of benzene rings is 1. The van der Waals surface area contributed by atoms with Crippen molar-refractivity contribution in [2.75, 3.05) is 25.6 Å². The fourth-order valence-electron chi connectivity index (χ4n) is 1.91. The smallest absolute Gasteiger partial charge is 0.271 e. The van der Waals surface area contributed by atoms with Gasteiger partial charge in [0, 0.05) is 20.2 Å². The third kappa shape index (κ3) is 4.82. The van der Waals surface area contributed by atoms with Crippen molar-refractivity contribution in [1.29, 1.82) is 0 Å². The Balaban J connectivity index is 1.87. The van der Waals surface area contributed by atoms with Gasteiger partial charge in [0.15, 0.2) is 0 Å². The van der Waals surface area contributed by atoms with E-state index in [1.54, 1.807) is 13.3 Å². The molecule has 6 nitrogen and oxygen atoms in total. The van der Waals surface area contributed by atoms with Crippen LogP contribution in [0.2, 0.25) is 0 Å². The van der Waals surface area contributed by atoms with Crippen LogP contribution in [0.1, 0.15) is 21.6 Å². The van der Waals surface area contributed by atoms with E-state index in [2.05, 4.69) is 39.7 Å². The minimum absolute atomic E-state index is 0.255. The zero-order valence-corrected chi connectivity index (χ0v) is 12.8. The largest absolute Gasteiger partial charge is 0.383 e. The second-order valence-corrected chi connectivity index (χ2v) is 4.88. The van der Waals surface area contributed by atoms with Gasteiger partial charge >= 0.3 is 0 Å². The van der Waals surface area contributed by atoms with E-state index >= 15 is 0 Å². The molecule has 0 aliphatic heterocycles. The maximum absolute atomic E-state index is 11.8. The molecule has 1 heterocycles. The van der Waals surface area contributed by atoms with Gasteiger partial charge in [-0.1, -0.05) is 29.8 Å². The summed E-state index contributed by atoms with van der Waals surface area (Å²) in [7, 11) is 1.58. The summed E-state index contributed by atoms with van der Waals surface area (Å²) in [5.41, 5.74) is 2.67. The molecular formula is C16H20N4O2. The highest BCUT2D eigenvalue weighted by molar-refractivity contribution is 5.91. The molecule has 0 saturated heterocycles. The number of hydrogen-bond donors (Lipinski definition) is 2. The zero-order valence-electron chi connectivity index (χ0n) is 12.8. The average molecular weight is 300 g/mol. The molecule has 0 atom stereocenters. The molecule has 0 aliphatic rings. The van der Waals surface area contributed by atoms with E-state index in [4.69, 9.17) is 4.74 Å². The number of nitrogens with zero attached hydrogens (tertiary/aromatic N) is 2. The van der Waals surface area contributed by atoms with E-state index in [0.717, 1.165) is 0 Å². The van der Waals surface area contributed by atoms with Crippen molar-refractivity contribution in [3.05, 3.63) is 53.5 Å². The van der Waals surface area contributed by atoms with Gasteiger partial charge in [0.05, 0.1) is 19.0 Å². The van der Waals surface area contributed by atoms with E-state index < -0.39 is 0 Å². The molecule has 0 aliphatic carbocycles. The minimum atomic E-state index is -0.255. The fraction of sp³-hybridized carbons (Fsp3) is 0.312. The summed E-state index contributed by atoms with van der Waals surface area (Å²) in [5.74, 6) is 0.379. The normalized spacial score (nSPS) is 10.3. The second-order valence-electron chi connectivity index (χ2n) is 4.88. The highest BCUT2D eigenvalue weighted by atomic mass is 16.5. The van der Waals surface area contributed by atoms with Crippen LogP contribution < -0.4 is 10.6 Å². The third-order valence-electron chi connectivity index (χ3n) is 3.03. The molecule has 0 saturated carbocycles. The first kappa shape index (κ1) is 15.9. The topological polar surface area (TPSA) is 76.1 Å². The van der Waals surface area contributed by atoms with Crippen LogP contribution >= 0.6 is 0 Å². The van der Waals surface area contributed by atoms with Crippen LogP contribution in [0.4, 0.5) is 5.82 Å². The van der Waals surface area contributed by atoms with Crippen LogP contribution in [0.15, 0.2) is 36.7 Å². The Labute approximate surface area is 129 Å². The Morgan fingerprint density at radius 2 is 2.14 bits per heavy atom. The van der Waals surface area contributed by atoms with Crippen LogP contribution in [0.25, 0.3) is 0 Å². The molecule has 0 unspecified atom stereocenters. The van der Waals surface area contributed by atoms with Gasteiger partial charge in [-0.05, 0) is 12.5 Å². The second kappa shape index (κ2) is 8.09. The first-order valence-electron chi connectivity index (χ1n) is 7.07. The Bertz CT molecular complexity index is 614. The number of amides is 1. The first-order chi connectivity index (χ1) is 10.7. The van der Waals surface area contributed by atoms with Gasteiger partial charge in [0.1, 0.15) is 11.5 Å². The lowest BCUT2D eigenvalue weighted by molar-refractivity contribution is 0.0932. The number of aryl methyl sites for hydroxylation is 1. The van der Waals surface area contributed by atoms with E-state index in [0.29, 0.717) is 25.5 Å². The van der Waals surface area contributed by atoms with E-state index in [9.17, 15) is 4.79 Å². The summed E-state index contributed by atoms with van der Waals surface area (Å²) >= 11 is 0. The number of carbonyl (C=O) groups excluding carboxylic acids is 1. The summed E-state index contributed by atoms with van der Waals surface area (Å²) in [6.45, 7) is 3.63. The summed E-state index contributed by atoms with van der Waals surface area (Å²) in [6.07, 6.45) is 3.02. The van der Waals surface area contributed by atoms with Gasteiger partial charge in [-0.25, -0.2) is 9.97 Å². The molecule has 1 aromatic heterocycles. The van der Waals surface area contributed by atoms with Crippen LogP contribution in [0, 0.1) is 6.92 Å². The van der Waals surface area contributed by atoms with E-state index in [1.165, 1.54) is 17.3 Å². The number of aromatic nitrogens is 2. The van der Waals surface area contributed by atoms with Crippen molar-refractivity contribution in [2.45, 2.75) is 13.5 Å². The highest BCUT2D eigenvalue weighted by Gasteiger charge is 2.07. The standard InChI is InChI=1S/C16H20N4O2/c1-12-4-3-5-13(8-12)9-19-15-11-18-14(10-20-15)16(21)17-6-7-22-2/h3-5,8,10-11H,6-7,9H2,1-2H3,(H,17,21)(H,19,20). The quantitative estimate of drug-likeness (QED) is 0.762. The number of anilines is 1. The summed E-state index contributed by atoms with van der Waals surface area (Å²) in [6, 6.07) is 8.23. The molecule has 0 bridgehead atoms. The molecule has 0 fully saturated rings. The number of hydrogen-bond acceptors (Lipinski definition) is 5. The lowest BCUT2D eigenvalue weighted by Crippen LogP contribution is -2.27. The minimum Gasteiger partial charge on any atom is -0.383 e. The molecule has 116 valence electrons. The summed E-state index contributed by atoms with van der Waals surface area (Å²) in [4.78, 5) is 20.1. The van der Waals surface area contributed by atoms with Gasteiger partial charge in [0.2, 0.25) is 0 Å². The van der Waals surface area contributed by atoms with Gasteiger partial charge in [-0.15, -0.1) is 0 Å². The first-order valence-corrected chi connectivity index (χ1v) is 7.07. The van der Waals surface area contributed by atoms with Crippen molar-refractivity contribution < 1.29 is 9.53 Å². The molecule has 1 aromatic carbocycles. The number of rotatable bonds is 7. The molecule has 2 aromatic rings. The Morgan fingerprint density at radius 3 is 2.82 bits per heavy atom. The molecule has 0 radical (unpaired) electrons. The van der Waals surface area contributed by atoms with Crippen molar-refractivity contribution in [1.82, 2.24) is 15.3 Å². The molecular weight excluding hydrogens is 280 g/mol. The maximum atomic E-state index is 11.8. The molecule has 0 spiro atoms. The lowest BCUT2D eigenvalue weighted by Gasteiger charge is -2.07. The Kier molecular flexibility index (Phi) is 5.85. The van der Waals surface area contributed by atoms with Crippen molar-refractivity contribution in [2.24, 2.45) is 0 Å². The lowest BCUT2D eigenvalue weighted by atomic mass is 10.1. The van der Waals surface area contributed by atoms with Gasteiger partial charge in [0.25, 0.3) is 5.91 Å². The fourth-order valence-corrected chi connectivity index (χ4v) is 1.91. The number of ether oxygens (including phenoxy) is 1. The van der Waals surface area contributed by atoms with Crippen molar-refractivity contribution >= 4 is 11.7 Å². The molecule has 2 N–H and O–H groups in total. The summed E-state index contributed by atoms with van der Waals surface area (Å²) in [5, 5.41) is 5.88. The van der Waals surface area contributed by atoms with Gasteiger partial charge < -0.3 is 15.4 Å². The van der Waals surface area contributed by atoms with Crippen LogP contribution in [0.5, 0.6) is 0 Å². The summed E-state index contributed by atoms with van der Waals surface area (Å²) < 4.78 is 4.87. The Morgan fingerprint density at radius 1 is 1.27 bits per heavy atom. The third-order valence-corrected chi connectivity index (χ3v) is 3.03. The predicted molar refractivity (Wildman–Crippen MR) is 84.7 cm³/mol. The van der Waals surface area contributed by atoms with Crippen LogP contribution in [-0.2, 0) is 11.3 Å². The van der Waals surface area contributed by atoms with E-state index in [-0.39, 0.29) is 11.6 Å². The SMILES string of the molecule is COCCNC(=O)c1cnc(NCc2cccc(C)c2)cn1. The monoisotopic (exact) mass is 300 g/mol. The van der Waals surface area contributed by atoms with Gasteiger partial charge in [-0.2, -0.15) is 0 Å². The Hall–Kier alpha value is -2.47. The van der Waals surface area contributed by atoms with E-state index in [1.807, 2.05) is 12.1 Å². The van der Waals surface area contributed by atoms with Crippen molar-refractivity contribution in [3.63, 3.8) is 0 Å². The zero-order chi connectivity index (χ0) is 15.8. The number of methoxy groups -OCH3 is 1. The maximum Gasteiger partial charge on any atom is 0.271 e. The van der Waals surface area contributed by atoms with Crippen LogP contribution in [-0.4, -0.2) is 36.1 Å². The average Bonchev–Trinajstić information content (AvgIpc) is 2.54. The number of carbonyl (C=O) groups is 1. The molecule has 6 heteroatoms.